The second-order valence-corrected chi connectivity index (χ2v) is 4.03. The summed E-state index contributed by atoms with van der Waals surface area (Å²) in [6, 6.07) is 0. The smallest absolute Gasteiger partial charge is 0.0701 e. The van der Waals surface area contributed by atoms with Gasteiger partial charge in [-0.1, -0.05) is 22.5 Å². The first-order valence-electron chi connectivity index (χ1n) is 4.95. The molecular formula is C10H20BrNO3. The van der Waals surface area contributed by atoms with Crippen molar-refractivity contribution in [2.45, 2.75) is 0 Å². The molecule has 0 saturated carbocycles. The van der Waals surface area contributed by atoms with Gasteiger partial charge < -0.3 is 19.5 Å². The van der Waals surface area contributed by atoms with E-state index < -0.39 is 0 Å². The second-order valence-electron chi connectivity index (χ2n) is 2.91. The predicted octanol–water partition coefficient (Wildman–Crippen LogP) is 1.16. The number of hydrogen-bond donors (Lipinski definition) is 1. The number of nitrogens with one attached hydrogen (secondary N) is 1. The van der Waals surface area contributed by atoms with E-state index in [2.05, 4.69) is 27.8 Å². The van der Waals surface area contributed by atoms with E-state index in [-0.39, 0.29) is 0 Å². The molecule has 0 heterocycles. The predicted molar refractivity (Wildman–Crippen MR) is 64.5 cm³/mol. The lowest BCUT2D eigenvalue weighted by Gasteiger charge is -2.06. The Bertz CT molecular complexity index is 156. The number of halogens is 1. The maximum atomic E-state index is 5.32. The Morgan fingerprint density at radius 2 is 1.73 bits per heavy atom. The third kappa shape index (κ3) is 14.1. The highest BCUT2D eigenvalue weighted by molar-refractivity contribution is 9.11. The Morgan fingerprint density at radius 3 is 2.33 bits per heavy atom. The highest BCUT2D eigenvalue weighted by Crippen LogP contribution is 1.95. The van der Waals surface area contributed by atoms with Crippen molar-refractivity contribution in [3.63, 3.8) is 0 Å². The molecule has 0 aliphatic carbocycles. The van der Waals surface area contributed by atoms with Crippen molar-refractivity contribution >= 4 is 15.9 Å². The maximum absolute atomic E-state index is 5.32. The summed E-state index contributed by atoms with van der Waals surface area (Å²) in [5, 5.41) is 3.16. The van der Waals surface area contributed by atoms with Gasteiger partial charge in [-0.2, -0.15) is 0 Å². The van der Waals surface area contributed by atoms with Crippen molar-refractivity contribution in [1.29, 1.82) is 0 Å². The monoisotopic (exact) mass is 281 g/mol. The van der Waals surface area contributed by atoms with Gasteiger partial charge >= 0.3 is 0 Å². The van der Waals surface area contributed by atoms with Crippen LogP contribution in [-0.4, -0.2) is 53.2 Å². The van der Waals surface area contributed by atoms with Gasteiger partial charge in [0.25, 0.3) is 0 Å². The van der Waals surface area contributed by atoms with Crippen LogP contribution in [0.2, 0.25) is 0 Å². The second kappa shape index (κ2) is 12.1. The first-order chi connectivity index (χ1) is 7.27. The van der Waals surface area contributed by atoms with Crippen LogP contribution in [0.25, 0.3) is 0 Å². The van der Waals surface area contributed by atoms with Crippen molar-refractivity contribution in [3.05, 3.63) is 11.1 Å². The van der Waals surface area contributed by atoms with Crippen LogP contribution in [0.1, 0.15) is 0 Å². The Morgan fingerprint density at radius 1 is 1.13 bits per heavy atom. The highest BCUT2D eigenvalue weighted by atomic mass is 79.9. The summed E-state index contributed by atoms with van der Waals surface area (Å²) in [6.45, 7) is 8.50. The number of rotatable bonds is 11. The normalized spacial score (nSPS) is 10.5. The molecular weight excluding hydrogens is 262 g/mol. The highest BCUT2D eigenvalue weighted by Gasteiger charge is 1.91. The van der Waals surface area contributed by atoms with Gasteiger partial charge in [-0.15, -0.1) is 0 Å². The first-order valence-corrected chi connectivity index (χ1v) is 5.75. The van der Waals surface area contributed by atoms with Crippen LogP contribution in [0.5, 0.6) is 0 Å². The average Bonchev–Trinajstić information content (AvgIpc) is 2.20. The molecule has 4 nitrogen and oxygen atoms in total. The van der Waals surface area contributed by atoms with E-state index in [0.29, 0.717) is 33.0 Å². The van der Waals surface area contributed by atoms with Gasteiger partial charge in [0.1, 0.15) is 0 Å². The minimum Gasteiger partial charge on any atom is -0.382 e. The number of ether oxygens (including phenoxy) is 3. The van der Waals surface area contributed by atoms with E-state index in [9.17, 15) is 0 Å². The van der Waals surface area contributed by atoms with Crippen LogP contribution in [-0.2, 0) is 14.2 Å². The third-order valence-corrected chi connectivity index (χ3v) is 1.82. The molecule has 0 aliphatic heterocycles. The molecule has 0 aromatic rings. The molecule has 1 N–H and O–H groups in total. The van der Waals surface area contributed by atoms with Crippen LogP contribution in [0.3, 0.4) is 0 Å². The van der Waals surface area contributed by atoms with Gasteiger partial charge in [0.2, 0.25) is 0 Å². The SMILES string of the molecule is C=C(Br)CNCCOCCOCCOC. The molecule has 15 heavy (non-hydrogen) atoms. The molecule has 0 rings (SSSR count). The van der Waals surface area contributed by atoms with Crippen LogP contribution in [0, 0.1) is 0 Å². The summed E-state index contributed by atoms with van der Waals surface area (Å²) >= 11 is 3.26. The lowest BCUT2D eigenvalue weighted by atomic mass is 10.6. The van der Waals surface area contributed by atoms with Gasteiger partial charge in [0, 0.05) is 24.7 Å². The zero-order valence-corrected chi connectivity index (χ0v) is 10.8. The first kappa shape index (κ1) is 15.1. The molecule has 0 atom stereocenters. The van der Waals surface area contributed by atoms with E-state index in [1.165, 1.54) is 0 Å². The molecule has 0 saturated heterocycles. The fourth-order valence-corrected chi connectivity index (χ4v) is 1.03. The van der Waals surface area contributed by atoms with Crippen molar-refractivity contribution in [2.24, 2.45) is 0 Å². The van der Waals surface area contributed by atoms with E-state index in [0.717, 1.165) is 17.6 Å². The quantitative estimate of drug-likeness (QED) is 0.577. The van der Waals surface area contributed by atoms with Crippen LogP contribution >= 0.6 is 15.9 Å². The van der Waals surface area contributed by atoms with Crippen molar-refractivity contribution in [2.75, 3.05) is 53.2 Å². The molecule has 0 bridgehead atoms. The van der Waals surface area contributed by atoms with Crippen molar-refractivity contribution in [3.8, 4) is 0 Å². The van der Waals surface area contributed by atoms with E-state index in [1.807, 2.05) is 0 Å². The third-order valence-electron chi connectivity index (χ3n) is 1.54. The minimum atomic E-state index is 0.620. The zero-order chi connectivity index (χ0) is 11.4. The molecule has 0 aliphatic rings. The van der Waals surface area contributed by atoms with Gasteiger partial charge in [0.15, 0.2) is 0 Å². The molecule has 5 heteroatoms. The molecule has 0 unspecified atom stereocenters. The summed E-state index contributed by atoms with van der Waals surface area (Å²) in [5.41, 5.74) is 0. The van der Waals surface area contributed by atoms with Crippen molar-refractivity contribution in [1.82, 2.24) is 5.32 Å². The lowest BCUT2D eigenvalue weighted by molar-refractivity contribution is 0.0257. The topological polar surface area (TPSA) is 39.7 Å². The Hall–Kier alpha value is 0.0600. The molecule has 0 radical (unpaired) electrons. The molecule has 0 aromatic carbocycles. The Kier molecular flexibility index (Phi) is 12.2. The zero-order valence-electron chi connectivity index (χ0n) is 9.26. The summed E-state index contributed by atoms with van der Waals surface area (Å²) in [4.78, 5) is 0. The number of hydrogen-bond acceptors (Lipinski definition) is 4. The summed E-state index contributed by atoms with van der Waals surface area (Å²) in [7, 11) is 1.66. The average molecular weight is 282 g/mol. The van der Waals surface area contributed by atoms with E-state index in [1.54, 1.807) is 7.11 Å². The fourth-order valence-electron chi connectivity index (χ4n) is 0.833. The van der Waals surface area contributed by atoms with Gasteiger partial charge in [0.05, 0.1) is 33.0 Å². The summed E-state index contributed by atoms with van der Waals surface area (Å²) < 4.78 is 16.3. The Balaban J connectivity index is 2.89. The van der Waals surface area contributed by atoms with Gasteiger partial charge in [-0.3, -0.25) is 0 Å². The van der Waals surface area contributed by atoms with Crippen LogP contribution in [0.4, 0.5) is 0 Å². The van der Waals surface area contributed by atoms with Crippen LogP contribution < -0.4 is 5.32 Å². The molecule has 0 fully saturated rings. The van der Waals surface area contributed by atoms with Crippen LogP contribution in [0.15, 0.2) is 11.1 Å². The van der Waals surface area contributed by atoms with E-state index in [4.69, 9.17) is 14.2 Å². The standard InChI is InChI=1S/C10H20BrNO3/c1-10(11)9-12-3-4-14-7-8-15-6-5-13-2/h12H,1,3-9H2,2H3. The molecule has 0 aromatic heterocycles. The number of methoxy groups -OCH3 is 1. The summed E-state index contributed by atoms with van der Waals surface area (Å²) in [5.74, 6) is 0. The van der Waals surface area contributed by atoms with Crippen molar-refractivity contribution < 1.29 is 14.2 Å². The van der Waals surface area contributed by atoms with Gasteiger partial charge in [-0.25, -0.2) is 0 Å². The minimum absolute atomic E-state index is 0.620. The van der Waals surface area contributed by atoms with Gasteiger partial charge in [-0.05, 0) is 0 Å². The summed E-state index contributed by atoms with van der Waals surface area (Å²) in [6.07, 6.45) is 0. The van der Waals surface area contributed by atoms with E-state index >= 15 is 0 Å². The maximum Gasteiger partial charge on any atom is 0.0701 e. The molecule has 0 spiro atoms. The molecule has 90 valence electrons. The largest absolute Gasteiger partial charge is 0.382 e. The fraction of sp³-hybridized carbons (Fsp3) is 0.800. The Labute approximate surface area is 100 Å². The molecule has 0 amide bonds. The lowest BCUT2D eigenvalue weighted by Crippen LogP contribution is -2.21.